The van der Waals surface area contributed by atoms with E-state index in [4.69, 9.17) is 21.1 Å². The molecule has 0 bridgehead atoms. The molecule has 5 rings (SSSR count). The average Bonchev–Trinajstić information content (AvgIpc) is 3.48. The van der Waals surface area contributed by atoms with Gasteiger partial charge in [-0.25, -0.2) is 14.4 Å². The molecule has 1 N–H and O–H groups in total. The number of benzene rings is 1. The van der Waals surface area contributed by atoms with Crippen molar-refractivity contribution < 1.29 is 13.9 Å². The molecule has 3 atom stereocenters. The molecule has 0 amide bonds. The van der Waals surface area contributed by atoms with Gasteiger partial charge < -0.3 is 19.7 Å². The van der Waals surface area contributed by atoms with Gasteiger partial charge in [0.25, 0.3) is 0 Å². The van der Waals surface area contributed by atoms with Gasteiger partial charge in [-0.2, -0.15) is 5.26 Å². The predicted octanol–water partition coefficient (Wildman–Crippen LogP) is 3.53. The van der Waals surface area contributed by atoms with Crippen molar-refractivity contribution in [1.82, 2.24) is 20.2 Å². The fourth-order valence-electron chi connectivity index (χ4n) is 4.96. The number of likely N-dealkylation sites (N-methyl/N-ethyl adjacent to an activating group) is 1. The van der Waals surface area contributed by atoms with Crippen LogP contribution in [-0.4, -0.2) is 80.0 Å². The third kappa shape index (κ3) is 4.43. The fraction of sp³-hybridized carbons (Fsp3) is 0.458. The van der Waals surface area contributed by atoms with Crippen molar-refractivity contribution in [2.24, 2.45) is 0 Å². The van der Waals surface area contributed by atoms with Gasteiger partial charge in [-0.15, -0.1) is 11.3 Å². The fourth-order valence-corrected chi connectivity index (χ4v) is 5.79. The maximum Gasteiger partial charge on any atom is 0.234 e. The quantitative estimate of drug-likeness (QED) is 0.551. The molecule has 2 aromatic heterocycles. The van der Waals surface area contributed by atoms with E-state index in [0.717, 1.165) is 6.54 Å². The van der Waals surface area contributed by atoms with E-state index in [1.165, 1.54) is 17.4 Å². The Morgan fingerprint density at radius 1 is 1.31 bits per heavy atom. The molecule has 0 radical (unpaired) electrons. The van der Waals surface area contributed by atoms with Gasteiger partial charge in [-0.3, -0.25) is 4.90 Å². The molecular weight excluding hydrogens is 491 g/mol. The Balaban J connectivity index is 1.78. The second kappa shape index (κ2) is 9.84. The summed E-state index contributed by atoms with van der Waals surface area (Å²) in [6.07, 6.45) is -0.530. The molecule has 1 aromatic carbocycles. The van der Waals surface area contributed by atoms with Crippen molar-refractivity contribution in [2.45, 2.75) is 25.2 Å². The molecule has 2 fully saturated rings. The first kappa shape index (κ1) is 24.2. The number of piperazine rings is 1. The summed E-state index contributed by atoms with van der Waals surface area (Å²) in [5, 5.41) is 16.3. The number of methoxy groups -OCH3 is 1. The molecule has 0 unspecified atom stereocenters. The highest BCUT2D eigenvalue weighted by atomic mass is 35.5. The monoisotopic (exact) mass is 516 g/mol. The molecule has 2 aliphatic rings. The summed E-state index contributed by atoms with van der Waals surface area (Å²) in [7, 11) is 3.61. The predicted molar refractivity (Wildman–Crippen MR) is 135 cm³/mol. The Bertz CT molecular complexity index is 1280. The summed E-state index contributed by atoms with van der Waals surface area (Å²) in [6.45, 7) is 5.36. The van der Waals surface area contributed by atoms with Crippen LogP contribution in [0.3, 0.4) is 0 Å². The van der Waals surface area contributed by atoms with E-state index in [0.29, 0.717) is 48.5 Å². The topological polar surface area (TPSA) is 86.5 Å². The Kier molecular flexibility index (Phi) is 6.79. The van der Waals surface area contributed by atoms with E-state index < -0.39 is 5.82 Å². The van der Waals surface area contributed by atoms with Crippen LogP contribution in [0.25, 0.3) is 22.2 Å². The van der Waals surface area contributed by atoms with Crippen molar-refractivity contribution in [2.75, 3.05) is 51.8 Å². The molecule has 3 aromatic rings. The first-order valence-corrected chi connectivity index (χ1v) is 12.7. The minimum absolute atomic E-state index is 0.105. The number of pyridine rings is 1. The first-order chi connectivity index (χ1) is 16.9. The van der Waals surface area contributed by atoms with Crippen LogP contribution in [0.15, 0.2) is 17.0 Å². The molecule has 35 heavy (non-hydrogen) atoms. The van der Waals surface area contributed by atoms with Crippen LogP contribution in [0.1, 0.15) is 12.5 Å². The molecule has 2 saturated heterocycles. The number of aromatic nitrogens is 2. The Hall–Kier alpha value is -2.55. The average molecular weight is 517 g/mol. The highest BCUT2D eigenvalue weighted by Crippen LogP contribution is 2.45. The zero-order chi connectivity index (χ0) is 24.7. The van der Waals surface area contributed by atoms with E-state index in [2.05, 4.69) is 38.1 Å². The van der Waals surface area contributed by atoms with E-state index in [-0.39, 0.29) is 40.2 Å². The number of hydrogen-bond acceptors (Lipinski definition) is 9. The number of halogens is 2. The molecule has 2 aliphatic heterocycles. The van der Waals surface area contributed by atoms with Crippen LogP contribution in [0.2, 0.25) is 5.02 Å². The highest BCUT2D eigenvalue weighted by molar-refractivity contribution is 7.07. The van der Waals surface area contributed by atoms with Crippen molar-refractivity contribution in [3.05, 3.63) is 33.4 Å². The van der Waals surface area contributed by atoms with E-state index in [1.807, 2.05) is 12.4 Å². The number of nitrogens with zero attached hydrogens (tertiary/aromatic N) is 5. The number of nitriles is 1. The lowest BCUT2D eigenvalue weighted by Gasteiger charge is -2.35. The third-order valence-corrected chi connectivity index (χ3v) is 7.44. The Labute approximate surface area is 212 Å². The second-order valence-electron chi connectivity index (χ2n) is 9.02. The SMILES string of the molecule is CO[C@@H]1CN(C)C[C@H]1Oc1nc2c(F)cc(Cl)c(-c3cscn3)c2c(N2CCN[C@H](C)C2)c1C#N. The third-order valence-electron chi connectivity index (χ3n) is 6.56. The van der Waals surface area contributed by atoms with Crippen molar-refractivity contribution in [3.8, 4) is 23.2 Å². The number of fused-ring (bicyclic) bond motifs is 1. The van der Waals surface area contributed by atoms with E-state index in [9.17, 15) is 5.26 Å². The number of anilines is 1. The van der Waals surface area contributed by atoms with Crippen molar-refractivity contribution >= 4 is 39.5 Å². The van der Waals surface area contributed by atoms with Crippen LogP contribution in [0, 0.1) is 17.1 Å². The van der Waals surface area contributed by atoms with E-state index in [1.54, 1.807) is 12.6 Å². The van der Waals surface area contributed by atoms with Crippen LogP contribution >= 0.6 is 22.9 Å². The molecule has 0 saturated carbocycles. The number of ether oxygens (including phenoxy) is 2. The summed E-state index contributed by atoms with van der Waals surface area (Å²) in [6, 6.07) is 3.74. The van der Waals surface area contributed by atoms with Gasteiger partial charge in [0, 0.05) is 62.2 Å². The molecule has 0 spiro atoms. The van der Waals surface area contributed by atoms with Crippen LogP contribution in [-0.2, 0) is 4.74 Å². The minimum Gasteiger partial charge on any atom is -0.469 e. The lowest BCUT2D eigenvalue weighted by Crippen LogP contribution is -2.49. The van der Waals surface area contributed by atoms with Gasteiger partial charge in [0.05, 0.1) is 21.9 Å². The van der Waals surface area contributed by atoms with Crippen LogP contribution in [0.5, 0.6) is 5.88 Å². The van der Waals surface area contributed by atoms with Gasteiger partial charge in [0.1, 0.15) is 29.4 Å². The molecule has 0 aliphatic carbocycles. The van der Waals surface area contributed by atoms with Crippen molar-refractivity contribution in [1.29, 1.82) is 5.26 Å². The number of rotatable bonds is 5. The van der Waals surface area contributed by atoms with Gasteiger partial charge in [0.15, 0.2) is 5.82 Å². The number of thiazole rings is 1. The summed E-state index contributed by atoms with van der Waals surface area (Å²) in [4.78, 5) is 13.2. The Morgan fingerprint density at radius 2 is 2.11 bits per heavy atom. The maximum absolute atomic E-state index is 15.5. The first-order valence-electron chi connectivity index (χ1n) is 11.4. The zero-order valence-corrected chi connectivity index (χ0v) is 21.3. The van der Waals surface area contributed by atoms with Crippen LogP contribution < -0.4 is 15.0 Å². The molecule has 4 heterocycles. The maximum atomic E-state index is 15.5. The highest BCUT2D eigenvalue weighted by Gasteiger charge is 2.35. The largest absolute Gasteiger partial charge is 0.469 e. The summed E-state index contributed by atoms with van der Waals surface area (Å²) in [5.74, 6) is -0.469. The van der Waals surface area contributed by atoms with Gasteiger partial charge in [-0.05, 0) is 20.0 Å². The molecular formula is C24H26ClFN6O2S. The lowest BCUT2D eigenvalue weighted by atomic mass is 9.99. The molecule has 11 heteroatoms. The zero-order valence-electron chi connectivity index (χ0n) is 19.7. The Morgan fingerprint density at radius 3 is 2.80 bits per heavy atom. The second-order valence-corrected chi connectivity index (χ2v) is 10.1. The minimum atomic E-state index is -0.574. The van der Waals surface area contributed by atoms with E-state index >= 15 is 4.39 Å². The van der Waals surface area contributed by atoms with Gasteiger partial charge in [0.2, 0.25) is 5.88 Å². The molecule has 184 valence electrons. The summed E-state index contributed by atoms with van der Waals surface area (Å²) < 4.78 is 27.4. The normalized spacial score (nSPS) is 23.1. The van der Waals surface area contributed by atoms with Crippen molar-refractivity contribution in [3.63, 3.8) is 0 Å². The number of hydrogen-bond donors (Lipinski definition) is 1. The van der Waals surface area contributed by atoms with Gasteiger partial charge in [-0.1, -0.05) is 11.6 Å². The lowest BCUT2D eigenvalue weighted by molar-refractivity contribution is 0.0321. The van der Waals surface area contributed by atoms with Gasteiger partial charge >= 0.3 is 0 Å². The van der Waals surface area contributed by atoms with Crippen LogP contribution in [0.4, 0.5) is 10.1 Å². The number of nitrogens with one attached hydrogen (secondary N) is 1. The standard InChI is InChI=1S/C24H26ClFN6O2S/c1-13-8-32(5-4-28-13)23-14(7-27)24(34-19-10-31(2)9-18(19)33-3)30-22-16(26)6-15(25)20(21(22)23)17-11-35-12-29-17/h6,11-13,18-19,28H,4-5,8-10H2,1-3H3/t13-,18-,19-/m1/s1. The summed E-state index contributed by atoms with van der Waals surface area (Å²) in [5.41, 5.74) is 3.82. The molecule has 8 nitrogen and oxygen atoms in total. The number of likely N-dealkylation sites (tertiary alicyclic amines) is 1. The summed E-state index contributed by atoms with van der Waals surface area (Å²) >= 11 is 8.02. The smallest absolute Gasteiger partial charge is 0.234 e.